The van der Waals surface area contributed by atoms with E-state index in [1.54, 1.807) is 52.0 Å². The summed E-state index contributed by atoms with van der Waals surface area (Å²) < 4.78 is 57.9. The van der Waals surface area contributed by atoms with Crippen LogP contribution < -0.4 is 11.1 Å². The number of hydrogen-bond donors (Lipinski definition) is 2. The maximum atomic E-state index is 13.6. The molecule has 4 aromatic rings. The van der Waals surface area contributed by atoms with E-state index in [2.05, 4.69) is 47.9 Å². The number of nitrogens with one attached hydrogen (secondary N) is 1. The molecule has 1 aliphatic heterocycles. The van der Waals surface area contributed by atoms with E-state index < -0.39 is 42.4 Å². The molecule has 3 heterocycles. The molecule has 17 heteroatoms. The molecule has 0 spiro atoms. The summed E-state index contributed by atoms with van der Waals surface area (Å²) >= 11 is 6.01. The lowest BCUT2D eigenvalue weighted by atomic mass is 10.0. The van der Waals surface area contributed by atoms with Crippen molar-refractivity contribution in [3.63, 3.8) is 0 Å². The molecule has 2 aromatic heterocycles. The zero-order valence-corrected chi connectivity index (χ0v) is 31.7. The van der Waals surface area contributed by atoms with Crippen molar-refractivity contribution >= 4 is 29.6 Å². The summed E-state index contributed by atoms with van der Waals surface area (Å²) in [5, 5.41) is 10.3. The third kappa shape index (κ3) is 11.5. The number of hydrogen-bond acceptors (Lipinski definition) is 8. The summed E-state index contributed by atoms with van der Waals surface area (Å²) in [5.74, 6) is 0.359. The van der Waals surface area contributed by atoms with E-state index in [0.717, 1.165) is 17.1 Å². The zero-order valence-electron chi connectivity index (χ0n) is 30.9. The topological polar surface area (TPSA) is 146 Å². The minimum Gasteiger partial charge on any atom is -0.447 e. The Morgan fingerprint density at radius 2 is 1.58 bits per heavy atom. The molecule has 1 saturated carbocycles. The Balaban J connectivity index is 0.000000457. The van der Waals surface area contributed by atoms with Gasteiger partial charge in [-0.25, -0.2) is 14.8 Å². The van der Waals surface area contributed by atoms with Crippen molar-refractivity contribution in [3.05, 3.63) is 89.1 Å². The lowest BCUT2D eigenvalue weighted by molar-refractivity contribution is -0.164. The van der Waals surface area contributed by atoms with Gasteiger partial charge in [0.1, 0.15) is 24.3 Å². The van der Waals surface area contributed by atoms with Crippen LogP contribution in [0.4, 0.5) is 22.4 Å². The van der Waals surface area contributed by atoms with Crippen LogP contribution in [0, 0.1) is 12.3 Å². The Kier molecular flexibility index (Phi) is 14.2. The van der Waals surface area contributed by atoms with Gasteiger partial charge in [0.05, 0.1) is 18.9 Å². The molecule has 53 heavy (non-hydrogen) atoms. The number of carbonyl (C=O) groups is 2. The van der Waals surface area contributed by atoms with Gasteiger partial charge in [-0.05, 0) is 60.1 Å². The second-order valence-corrected chi connectivity index (χ2v) is 14.3. The van der Waals surface area contributed by atoms with Crippen molar-refractivity contribution in [3.8, 4) is 11.3 Å². The lowest BCUT2D eigenvalue weighted by Crippen LogP contribution is -2.49. The molecule has 2 amide bonds. The van der Waals surface area contributed by atoms with Gasteiger partial charge in [-0.15, -0.1) is 0 Å². The van der Waals surface area contributed by atoms with E-state index in [4.69, 9.17) is 22.1 Å². The highest BCUT2D eigenvalue weighted by Crippen LogP contribution is 2.49. The highest BCUT2D eigenvalue weighted by Gasteiger charge is 2.64. The van der Waals surface area contributed by atoms with Gasteiger partial charge in [0.25, 0.3) is 5.91 Å². The van der Waals surface area contributed by atoms with Crippen molar-refractivity contribution in [1.82, 2.24) is 34.8 Å². The van der Waals surface area contributed by atoms with Gasteiger partial charge in [0.2, 0.25) is 0 Å². The van der Waals surface area contributed by atoms with E-state index in [0.29, 0.717) is 28.7 Å². The molecule has 12 nitrogen and oxygen atoms in total. The summed E-state index contributed by atoms with van der Waals surface area (Å²) in [5.41, 5.74) is 7.27. The number of benzene rings is 2. The third-order valence-electron chi connectivity index (χ3n) is 7.83. The van der Waals surface area contributed by atoms with Crippen LogP contribution in [0.25, 0.3) is 11.3 Å². The quantitative estimate of drug-likeness (QED) is 0.189. The number of aliphatic imine (C=N–C) groups is 1. The summed E-state index contributed by atoms with van der Waals surface area (Å²) in [7, 11) is 4.18. The SMILES string of the molecule is CC(C)(C)C.CF.Cc1ncnn1C.Cn1nccc1-c1ccc(C2N=C(N)N(C(COC(=O)NC3(C(F)(F)F)CC3)c3ccc(Cl)cc3)C2=O)cc1. The number of alkyl halides is 4. The number of carbonyl (C=O) groups excluding carboxylic acids is 2. The van der Waals surface area contributed by atoms with Gasteiger partial charge in [-0.2, -0.15) is 23.4 Å². The molecular formula is C36H46ClF4N9O3. The predicted octanol–water partition coefficient (Wildman–Crippen LogP) is 7.26. The first kappa shape index (κ1) is 42.4. The Morgan fingerprint density at radius 3 is 2.02 bits per heavy atom. The molecule has 1 fully saturated rings. The fourth-order valence-electron chi connectivity index (χ4n) is 4.87. The number of ether oxygens (including phenoxy) is 1. The molecule has 0 radical (unpaired) electrons. The minimum atomic E-state index is -4.59. The van der Waals surface area contributed by atoms with E-state index in [9.17, 15) is 27.2 Å². The predicted molar refractivity (Wildman–Crippen MR) is 194 cm³/mol. The average Bonchev–Trinajstić information content (AvgIpc) is 3.47. The van der Waals surface area contributed by atoms with Crippen LogP contribution in [0.3, 0.4) is 0 Å². The molecule has 6 rings (SSSR count). The molecule has 288 valence electrons. The Labute approximate surface area is 311 Å². The zero-order chi connectivity index (χ0) is 39.7. The molecular weight excluding hydrogens is 718 g/mol. The largest absolute Gasteiger partial charge is 0.447 e. The summed E-state index contributed by atoms with van der Waals surface area (Å²) in [6.45, 7) is 10.2. The third-order valence-corrected chi connectivity index (χ3v) is 8.09. The van der Waals surface area contributed by atoms with Crippen LogP contribution in [-0.4, -0.2) is 72.9 Å². The number of guanidine groups is 1. The van der Waals surface area contributed by atoms with Crippen LogP contribution >= 0.6 is 11.6 Å². The Hall–Kier alpha value is -4.99. The van der Waals surface area contributed by atoms with Crippen molar-refractivity contribution < 1.29 is 31.9 Å². The second-order valence-electron chi connectivity index (χ2n) is 13.9. The number of aromatic nitrogens is 5. The number of nitrogens with two attached hydrogens (primary N) is 1. The van der Waals surface area contributed by atoms with E-state index >= 15 is 0 Å². The monoisotopic (exact) mass is 763 g/mol. The van der Waals surface area contributed by atoms with Crippen LogP contribution in [0.5, 0.6) is 0 Å². The van der Waals surface area contributed by atoms with Crippen LogP contribution in [0.1, 0.15) is 69.6 Å². The first-order chi connectivity index (χ1) is 24.8. The number of amides is 2. The average molecular weight is 764 g/mol. The highest BCUT2D eigenvalue weighted by atomic mass is 35.5. The minimum absolute atomic E-state index is 0.112. The van der Waals surface area contributed by atoms with E-state index in [-0.39, 0.29) is 18.8 Å². The summed E-state index contributed by atoms with van der Waals surface area (Å²) in [4.78, 5) is 35.3. The number of nitrogens with zero attached hydrogens (tertiary/aromatic N) is 7. The summed E-state index contributed by atoms with van der Waals surface area (Å²) in [6.07, 6.45) is -3.07. The van der Waals surface area contributed by atoms with Crippen molar-refractivity contribution in [1.29, 1.82) is 0 Å². The molecule has 2 aromatic carbocycles. The fraction of sp³-hybridized carbons (Fsp3) is 0.444. The first-order valence-electron chi connectivity index (χ1n) is 16.5. The Morgan fingerprint density at radius 1 is 1.00 bits per heavy atom. The molecule has 3 N–H and O–H groups in total. The molecule has 2 unspecified atom stereocenters. The smallest absolute Gasteiger partial charge is 0.411 e. The van der Waals surface area contributed by atoms with Gasteiger partial charge < -0.3 is 15.8 Å². The first-order valence-corrected chi connectivity index (χ1v) is 16.9. The fourth-order valence-corrected chi connectivity index (χ4v) is 4.99. The van der Waals surface area contributed by atoms with E-state index in [1.807, 2.05) is 44.5 Å². The normalized spacial score (nSPS) is 16.5. The Bertz CT molecular complexity index is 1810. The molecule has 1 aliphatic carbocycles. The number of alkyl carbamates (subject to hydrolysis) is 1. The highest BCUT2D eigenvalue weighted by molar-refractivity contribution is 6.30. The van der Waals surface area contributed by atoms with Crippen LogP contribution in [-0.2, 0) is 23.6 Å². The van der Waals surface area contributed by atoms with Gasteiger partial charge in [0, 0.05) is 25.3 Å². The van der Waals surface area contributed by atoms with Gasteiger partial charge >= 0.3 is 12.3 Å². The van der Waals surface area contributed by atoms with Crippen molar-refractivity contribution in [2.75, 3.05) is 13.8 Å². The van der Waals surface area contributed by atoms with Crippen LogP contribution in [0.15, 0.2) is 72.1 Å². The van der Waals surface area contributed by atoms with E-state index in [1.165, 1.54) is 11.2 Å². The lowest BCUT2D eigenvalue weighted by Gasteiger charge is -2.28. The van der Waals surface area contributed by atoms with Crippen molar-refractivity contribution in [2.24, 2.45) is 30.2 Å². The van der Waals surface area contributed by atoms with Gasteiger partial charge in [-0.3, -0.25) is 23.4 Å². The molecule has 0 saturated heterocycles. The molecule has 0 bridgehead atoms. The second kappa shape index (κ2) is 17.7. The molecule has 2 atom stereocenters. The number of halogens is 5. The van der Waals surface area contributed by atoms with Gasteiger partial charge in [0.15, 0.2) is 12.0 Å². The van der Waals surface area contributed by atoms with Crippen molar-refractivity contribution in [2.45, 2.75) is 71.3 Å². The maximum Gasteiger partial charge on any atom is 0.411 e. The standard InChI is InChI=1S/C26H24ClF3N6O3.C5H12.C4H7N3.CH3F/c1-35-19(10-13-32-35)15-2-4-17(5-3-15)21-22(37)36(23(31)33-21)20(16-6-8-18(27)9-7-16)14-39-24(38)34-25(11-12-25)26(28,29)30;1-5(2,3)4;1-4-5-3-6-7(4)2;1-2/h2-10,13,20-21H,11-12,14H2,1H3,(H2,31,33)(H,34,38);1-4H3;3H,1-2H3;1H3. The van der Waals surface area contributed by atoms with Gasteiger partial charge in [-0.1, -0.05) is 75.7 Å². The summed E-state index contributed by atoms with van der Waals surface area (Å²) in [6, 6.07) is 13.5. The maximum absolute atomic E-state index is 13.6. The number of aryl methyl sites for hydroxylation is 3. The molecule has 2 aliphatic rings. The van der Waals surface area contributed by atoms with Crippen LogP contribution in [0.2, 0.25) is 5.02 Å². The number of rotatable bonds is 7.